The second-order valence-electron chi connectivity index (χ2n) is 5.95. The van der Waals surface area contributed by atoms with Crippen LogP contribution >= 0.6 is 24.0 Å². The molecule has 1 saturated carbocycles. The summed E-state index contributed by atoms with van der Waals surface area (Å²) in [6, 6.07) is 0.569. The first-order valence-corrected chi connectivity index (χ1v) is 7.49. The Morgan fingerprint density at radius 3 is 2.42 bits per heavy atom. The van der Waals surface area contributed by atoms with Gasteiger partial charge < -0.3 is 16.0 Å². The average Bonchev–Trinajstić information content (AvgIpc) is 2.39. The molecule has 4 nitrogen and oxygen atoms in total. The van der Waals surface area contributed by atoms with Gasteiger partial charge in [0, 0.05) is 12.6 Å². The molecule has 0 aromatic heterocycles. The molecule has 112 valence electrons. The number of halogens is 1. The quantitative estimate of drug-likeness (QED) is 0.448. The van der Waals surface area contributed by atoms with Crippen molar-refractivity contribution in [3.63, 3.8) is 0 Å². The van der Waals surface area contributed by atoms with Crippen molar-refractivity contribution in [2.75, 3.05) is 26.7 Å². The molecule has 0 atom stereocenters. The van der Waals surface area contributed by atoms with Gasteiger partial charge in [-0.2, -0.15) is 0 Å². The number of nitrogens with one attached hydrogen (secondary N) is 1. The second-order valence-corrected chi connectivity index (χ2v) is 5.95. The molecule has 3 N–H and O–H groups in total. The summed E-state index contributed by atoms with van der Waals surface area (Å²) >= 11 is 0. The fourth-order valence-electron chi connectivity index (χ4n) is 2.97. The zero-order chi connectivity index (χ0) is 12.8. The maximum absolute atomic E-state index is 5.98. The highest BCUT2D eigenvalue weighted by molar-refractivity contribution is 14.0. The van der Waals surface area contributed by atoms with Crippen molar-refractivity contribution < 1.29 is 0 Å². The van der Waals surface area contributed by atoms with E-state index in [1.807, 2.05) is 0 Å². The molecule has 0 spiro atoms. The van der Waals surface area contributed by atoms with E-state index in [0.717, 1.165) is 12.5 Å². The van der Waals surface area contributed by atoms with Crippen LogP contribution in [0.25, 0.3) is 0 Å². The molecule has 5 heteroatoms. The van der Waals surface area contributed by atoms with Gasteiger partial charge in [0.1, 0.15) is 0 Å². The van der Waals surface area contributed by atoms with Crippen molar-refractivity contribution >= 4 is 29.9 Å². The molecule has 0 bridgehead atoms. The van der Waals surface area contributed by atoms with E-state index in [1.165, 1.54) is 58.0 Å². The molecular formula is C14H29IN4. The Kier molecular flexibility index (Phi) is 8.06. The third-order valence-corrected chi connectivity index (χ3v) is 4.32. The monoisotopic (exact) mass is 380 g/mol. The number of nitrogens with two attached hydrogens (primary N) is 1. The number of guanidine groups is 1. The number of rotatable bonds is 3. The van der Waals surface area contributed by atoms with Gasteiger partial charge in [0.15, 0.2) is 5.96 Å². The van der Waals surface area contributed by atoms with Crippen LogP contribution in [0.4, 0.5) is 0 Å². The van der Waals surface area contributed by atoms with E-state index in [2.05, 4.69) is 22.3 Å². The predicted molar refractivity (Wildman–Crippen MR) is 92.1 cm³/mol. The fraction of sp³-hybridized carbons (Fsp3) is 0.929. The highest BCUT2D eigenvalue weighted by Gasteiger charge is 2.17. The predicted octanol–water partition coefficient (Wildman–Crippen LogP) is 2.18. The average molecular weight is 380 g/mol. The molecule has 2 rings (SSSR count). The summed E-state index contributed by atoms with van der Waals surface area (Å²) in [5.41, 5.74) is 5.98. The van der Waals surface area contributed by atoms with E-state index >= 15 is 0 Å². The summed E-state index contributed by atoms with van der Waals surface area (Å²) in [5, 5.41) is 3.38. The van der Waals surface area contributed by atoms with Crippen LogP contribution in [-0.4, -0.2) is 43.6 Å². The number of hydrogen-bond acceptors (Lipinski definition) is 2. The Balaban J connectivity index is 0.00000180. The Bertz CT molecular complexity index is 269. The van der Waals surface area contributed by atoms with E-state index in [4.69, 9.17) is 5.73 Å². The van der Waals surface area contributed by atoms with Gasteiger partial charge in [0.05, 0.1) is 0 Å². The lowest BCUT2D eigenvalue weighted by Crippen LogP contribution is -2.41. The lowest BCUT2D eigenvalue weighted by atomic mass is 9.96. The van der Waals surface area contributed by atoms with Gasteiger partial charge in [-0.25, -0.2) is 0 Å². The van der Waals surface area contributed by atoms with Gasteiger partial charge in [-0.15, -0.1) is 24.0 Å². The smallest absolute Gasteiger partial charge is 0.188 e. The molecular weight excluding hydrogens is 351 g/mol. The minimum atomic E-state index is 0. The van der Waals surface area contributed by atoms with Gasteiger partial charge in [0.2, 0.25) is 0 Å². The van der Waals surface area contributed by atoms with Crippen LogP contribution in [-0.2, 0) is 0 Å². The normalized spacial score (nSPS) is 23.9. The molecule has 0 amide bonds. The van der Waals surface area contributed by atoms with Crippen LogP contribution in [0.5, 0.6) is 0 Å². The lowest BCUT2D eigenvalue weighted by molar-refractivity contribution is 0.223. The first-order chi connectivity index (χ1) is 8.74. The number of likely N-dealkylation sites (tertiary alicyclic amines) is 1. The maximum atomic E-state index is 5.98. The summed E-state index contributed by atoms with van der Waals surface area (Å²) in [6.45, 7) is 3.31. The third kappa shape index (κ3) is 6.29. The molecule has 1 aliphatic heterocycles. The number of nitrogens with zero attached hydrogens (tertiary/aromatic N) is 2. The van der Waals surface area contributed by atoms with Crippen LogP contribution in [0.1, 0.15) is 44.9 Å². The molecule has 1 saturated heterocycles. The van der Waals surface area contributed by atoms with Gasteiger partial charge in [-0.3, -0.25) is 4.99 Å². The zero-order valence-corrected chi connectivity index (χ0v) is 14.4. The molecule has 0 unspecified atom stereocenters. The molecule has 0 radical (unpaired) electrons. The fourth-order valence-corrected chi connectivity index (χ4v) is 2.97. The van der Waals surface area contributed by atoms with Gasteiger partial charge in [-0.05, 0) is 51.7 Å². The first kappa shape index (κ1) is 17.0. The molecule has 2 fully saturated rings. The summed E-state index contributed by atoms with van der Waals surface area (Å²) < 4.78 is 0. The van der Waals surface area contributed by atoms with Crippen molar-refractivity contribution in [2.45, 2.75) is 51.0 Å². The summed E-state index contributed by atoms with van der Waals surface area (Å²) in [6.07, 6.45) is 9.08. The molecule has 19 heavy (non-hydrogen) atoms. The molecule has 0 aromatic rings. The van der Waals surface area contributed by atoms with Gasteiger partial charge in [0.25, 0.3) is 0 Å². The topological polar surface area (TPSA) is 53.6 Å². The van der Waals surface area contributed by atoms with E-state index in [-0.39, 0.29) is 24.0 Å². The van der Waals surface area contributed by atoms with Crippen LogP contribution in [0, 0.1) is 5.92 Å². The van der Waals surface area contributed by atoms with Crippen LogP contribution < -0.4 is 11.1 Å². The SMILES string of the molecule is CN1CCC(CN=C(N)NC2CCCCC2)CC1.I. The largest absolute Gasteiger partial charge is 0.370 e. The highest BCUT2D eigenvalue weighted by atomic mass is 127. The van der Waals surface area contributed by atoms with Crippen molar-refractivity contribution in [1.82, 2.24) is 10.2 Å². The van der Waals surface area contributed by atoms with Crippen molar-refractivity contribution in [1.29, 1.82) is 0 Å². The van der Waals surface area contributed by atoms with E-state index in [9.17, 15) is 0 Å². The van der Waals surface area contributed by atoms with Crippen molar-refractivity contribution in [3.05, 3.63) is 0 Å². The maximum Gasteiger partial charge on any atom is 0.188 e. The van der Waals surface area contributed by atoms with E-state index in [0.29, 0.717) is 12.0 Å². The Labute approximate surface area is 134 Å². The first-order valence-electron chi connectivity index (χ1n) is 7.49. The van der Waals surface area contributed by atoms with E-state index < -0.39 is 0 Å². The Hall–Kier alpha value is -0.0400. The summed E-state index contributed by atoms with van der Waals surface area (Å²) in [7, 11) is 2.19. The molecule has 1 heterocycles. The van der Waals surface area contributed by atoms with Crippen molar-refractivity contribution in [2.24, 2.45) is 16.6 Å². The minimum Gasteiger partial charge on any atom is -0.370 e. The van der Waals surface area contributed by atoms with Gasteiger partial charge in [-0.1, -0.05) is 19.3 Å². The van der Waals surface area contributed by atoms with Crippen LogP contribution in [0.3, 0.4) is 0 Å². The van der Waals surface area contributed by atoms with Crippen molar-refractivity contribution in [3.8, 4) is 0 Å². The standard InChI is InChI=1S/C14H28N4.HI/c1-18-9-7-12(8-10-18)11-16-14(15)17-13-5-3-2-4-6-13;/h12-13H,2-11H2,1H3,(H3,15,16,17);1H. The third-order valence-electron chi connectivity index (χ3n) is 4.32. The summed E-state index contributed by atoms with van der Waals surface area (Å²) in [5.74, 6) is 1.40. The number of piperidine rings is 1. The summed E-state index contributed by atoms with van der Waals surface area (Å²) in [4.78, 5) is 6.92. The second kappa shape index (κ2) is 9.00. The van der Waals surface area contributed by atoms with E-state index in [1.54, 1.807) is 0 Å². The highest BCUT2D eigenvalue weighted by Crippen LogP contribution is 2.18. The Morgan fingerprint density at radius 1 is 1.16 bits per heavy atom. The molecule has 1 aliphatic carbocycles. The Morgan fingerprint density at radius 2 is 1.79 bits per heavy atom. The zero-order valence-electron chi connectivity index (χ0n) is 12.1. The molecule has 0 aromatic carbocycles. The van der Waals surface area contributed by atoms with Gasteiger partial charge >= 0.3 is 0 Å². The molecule has 2 aliphatic rings. The number of hydrogen-bond donors (Lipinski definition) is 2. The number of aliphatic imine (C=N–C) groups is 1. The lowest BCUT2D eigenvalue weighted by Gasteiger charge is -2.28. The minimum absolute atomic E-state index is 0. The van der Waals surface area contributed by atoms with Crippen LogP contribution in [0.15, 0.2) is 4.99 Å². The van der Waals surface area contributed by atoms with Crippen LogP contribution in [0.2, 0.25) is 0 Å².